The van der Waals surface area contributed by atoms with Crippen LogP contribution in [0.25, 0.3) is 0 Å². The van der Waals surface area contributed by atoms with Crippen molar-refractivity contribution in [2.45, 2.75) is 38.6 Å². The molecule has 1 unspecified atom stereocenters. The van der Waals surface area contributed by atoms with Crippen LogP contribution >= 0.6 is 12.4 Å². The van der Waals surface area contributed by atoms with Gasteiger partial charge in [0.05, 0.1) is 13.0 Å². The molecule has 0 bridgehead atoms. The van der Waals surface area contributed by atoms with Crippen molar-refractivity contribution in [1.82, 2.24) is 15.5 Å². The molecule has 1 atom stereocenters. The topological polar surface area (TPSA) is 60.2 Å². The Kier molecular flexibility index (Phi) is 6.60. The fourth-order valence-electron chi connectivity index (χ4n) is 1.54. The third-order valence-electron chi connectivity index (χ3n) is 3.00. The van der Waals surface area contributed by atoms with Crippen LogP contribution in [0.5, 0.6) is 0 Å². The Hall–Kier alpha value is -0.650. The summed E-state index contributed by atoms with van der Waals surface area (Å²) in [5, 5.41) is 7.10. The third-order valence-corrected chi connectivity index (χ3v) is 3.00. The molecule has 104 valence electrons. The largest absolute Gasteiger partial charge is 0.381 e. The molecule has 1 aliphatic rings. The van der Waals surface area contributed by atoms with Crippen molar-refractivity contribution in [3.63, 3.8) is 0 Å². The Morgan fingerprint density at radius 2 is 2.28 bits per heavy atom. The summed E-state index contributed by atoms with van der Waals surface area (Å²) >= 11 is 0. The van der Waals surface area contributed by atoms with Crippen LogP contribution in [0.1, 0.15) is 31.5 Å². The van der Waals surface area contributed by atoms with E-state index in [1.807, 2.05) is 7.05 Å². The highest BCUT2D eigenvalue weighted by Gasteiger charge is 2.21. The maximum absolute atomic E-state index is 5.53. The van der Waals surface area contributed by atoms with Crippen LogP contribution in [0.2, 0.25) is 0 Å². The van der Waals surface area contributed by atoms with E-state index in [0.29, 0.717) is 25.0 Å². The van der Waals surface area contributed by atoms with Gasteiger partial charge in [0.1, 0.15) is 0 Å². The average molecular weight is 276 g/mol. The molecule has 0 aliphatic heterocycles. The summed E-state index contributed by atoms with van der Waals surface area (Å²) in [4.78, 5) is 4.33. The third kappa shape index (κ3) is 5.33. The zero-order chi connectivity index (χ0) is 12.1. The fourth-order valence-corrected chi connectivity index (χ4v) is 1.54. The van der Waals surface area contributed by atoms with Crippen LogP contribution in [-0.2, 0) is 17.6 Å². The molecule has 0 radical (unpaired) electrons. The van der Waals surface area contributed by atoms with Crippen molar-refractivity contribution in [3.8, 4) is 0 Å². The van der Waals surface area contributed by atoms with E-state index in [0.717, 1.165) is 24.8 Å². The van der Waals surface area contributed by atoms with Gasteiger partial charge in [-0.05, 0) is 32.7 Å². The zero-order valence-corrected chi connectivity index (χ0v) is 11.8. The van der Waals surface area contributed by atoms with E-state index >= 15 is 0 Å². The van der Waals surface area contributed by atoms with Crippen molar-refractivity contribution in [1.29, 1.82) is 0 Å². The first-order chi connectivity index (χ1) is 8.28. The monoisotopic (exact) mass is 275 g/mol. The molecule has 0 amide bonds. The summed E-state index contributed by atoms with van der Waals surface area (Å²) in [6.07, 6.45) is 4.16. The standard InChI is InChI=1S/C12H21N3O2.ClH/c1-9(13-2)7-11-14-12(17-15-11)5-6-16-8-10-3-4-10;/h9-10,13H,3-8H2,1-2H3;1H. The van der Waals surface area contributed by atoms with Gasteiger partial charge >= 0.3 is 0 Å². The molecule has 5 nitrogen and oxygen atoms in total. The number of nitrogens with one attached hydrogen (secondary N) is 1. The summed E-state index contributed by atoms with van der Waals surface area (Å²) in [7, 11) is 1.93. The van der Waals surface area contributed by atoms with E-state index in [1.165, 1.54) is 12.8 Å². The van der Waals surface area contributed by atoms with E-state index in [4.69, 9.17) is 9.26 Å². The molecule has 0 aromatic carbocycles. The van der Waals surface area contributed by atoms with Crippen molar-refractivity contribution in [2.75, 3.05) is 20.3 Å². The maximum Gasteiger partial charge on any atom is 0.228 e. The second-order valence-corrected chi connectivity index (χ2v) is 4.77. The van der Waals surface area contributed by atoms with Crippen LogP contribution < -0.4 is 5.32 Å². The molecular weight excluding hydrogens is 254 g/mol. The lowest BCUT2D eigenvalue weighted by atomic mass is 10.2. The van der Waals surface area contributed by atoms with Gasteiger partial charge in [-0.1, -0.05) is 5.16 Å². The van der Waals surface area contributed by atoms with Gasteiger partial charge in [-0.3, -0.25) is 0 Å². The lowest BCUT2D eigenvalue weighted by Gasteiger charge is -2.04. The molecule has 6 heteroatoms. The van der Waals surface area contributed by atoms with Gasteiger partial charge in [-0.15, -0.1) is 12.4 Å². The molecule has 1 heterocycles. The van der Waals surface area contributed by atoms with Crippen LogP contribution in [0.3, 0.4) is 0 Å². The van der Waals surface area contributed by atoms with E-state index in [2.05, 4.69) is 22.4 Å². The van der Waals surface area contributed by atoms with Crippen molar-refractivity contribution < 1.29 is 9.26 Å². The number of likely N-dealkylation sites (N-methyl/N-ethyl adjacent to an activating group) is 1. The lowest BCUT2D eigenvalue weighted by molar-refractivity contribution is 0.122. The van der Waals surface area contributed by atoms with Gasteiger partial charge in [0.25, 0.3) is 0 Å². The van der Waals surface area contributed by atoms with Gasteiger partial charge in [0.15, 0.2) is 5.82 Å². The molecule has 1 saturated carbocycles. The highest BCUT2D eigenvalue weighted by Crippen LogP contribution is 2.28. The quantitative estimate of drug-likeness (QED) is 0.731. The minimum absolute atomic E-state index is 0. The first-order valence-electron chi connectivity index (χ1n) is 6.34. The normalized spacial score (nSPS) is 16.3. The Bertz CT molecular complexity index is 342. The Balaban J connectivity index is 0.00000162. The zero-order valence-electron chi connectivity index (χ0n) is 11.0. The number of aromatic nitrogens is 2. The number of ether oxygens (including phenoxy) is 1. The number of nitrogens with zero attached hydrogens (tertiary/aromatic N) is 2. The predicted molar refractivity (Wildman–Crippen MR) is 71.0 cm³/mol. The van der Waals surface area contributed by atoms with Crippen LogP contribution in [0.4, 0.5) is 0 Å². The summed E-state index contributed by atoms with van der Waals surface area (Å²) < 4.78 is 10.7. The molecule has 1 aromatic heterocycles. The van der Waals surface area contributed by atoms with Crippen molar-refractivity contribution in [3.05, 3.63) is 11.7 Å². The molecule has 1 N–H and O–H groups in total. The van der Waals surface area contributed by atoms with Gasteiger partial charge in [-0.25, -0.2) is 0 Å². The van der Waals surface area contributed by atoms with E-state index < -0.39 is 0 Å². The highest BCUT2D eigenvalue weighted by molar-refractivity contribution is 5.85. The summed E-state index contributed by atoms with van der Waals surface area (Å²) in [5.41, 5.74) is 0. The summed E-state index contributed by atoms with van der Waals surface area (Å²) in [6, 6.07) is 0.367. The molecule has 1 aliphatic carbocycles. The van der Waals surface area contributed by atoms with Gasteiger partial charge < -0.3 is 14.6 Å². The number of hydrogen-bond acceptors (Lipinski definition) is 5. The highest BCUT2D eigenvalue weighted by atomic mass is 35.5. The molecule has 0 saturated heterocycles. The molecule has 1 fully saturated rings. The van der Waals surface area contributed by atoms with Gasteiger partial charge in [-0.2, -0.15) is 4.98 Å². The second-order valence-electron chi connectivity index (χ2n) is 4.77. The molecule has 18 heavy (non-hydrogen) atoms. The van der Waals surface area contributed by atoms with Crippen LogP contribution in [0.15, 0.2) is 4.52 Å². The van der Waals surface area contributed by atoms with Crippen LogP contribution in [0, 0.1) is 5.92 Å². The first kappa shape index (κ1) is 15.4. The van der Waals surface area contributed by atoms with E-state index in [-0.39, 0.29) is 12.4 Å². The Morgan fingerprint density at radius 1 is 1.50 bits per heavy atom. The summed E-state index contributed by atoms with van der Waals surface area (Å²) in [5.74, 6) is 2.26. The van der Waals surface area contributed by atoms with Gasteiger partial charge in [0.2, 0.25) is 5.89 Å². The number of rotatable bonds is 8. The molecule has 0 spiro atoms. The Labute approximate surface area is 114 Å². The Morgan fingerprint density at radius 3 is 2.94 bits per heavy atom. The molecule has 2 rings (SSSR count). The minimum atomic E-state index is 0. The fraction of sp³-hybridized carbons (Fsp3) is 0.833. The average Bonchev–Trinajstić information content (AvgIpc) is 3.05. The SMILES string of the molecule is CNC(C)Cc1noc(CCOCC2CC2)n1.Cl. The number of halogens is 1. The van der Waals surface area contributed by atoms with Crippen molar-refractivity contribution in [2.24, 2.45) is 5.92 Å². The smallest absolute Gasteiger partial charge is 0.228 e. The van der Waals surface area contributed by atoms with E-state index in [9.17, 15) is 0 Å². The predicted octanol–water partition coefficient (Wildman–Crippen LogP) is 1.61. The summed E-state index contributed by atoms with van der Waals surface area (Å²) in [6.45, 7) is 3.66. The number of hydrogen-bond donors (Lipinski definition) is 1. The van der Waals surface area contributed by atoms with E-state index in [1.54, 1.807) is 0 Å². The second kappa shape index (κ2) is 7.71. The van der Waals surface area contributed by atoms with Crippen molar-refractivity contribution >= 4 is 12.4 Å². The molecule has 1 aromatic rings. The molecular formula is C12H22ClN3O2. The van der Waals surface area contributed by atoms with Crippen LogP contribution in [-0.4, -0.2) is 36.4 Å². The lowest BCUT2D eigenvalue weighted by Crippen LogP contribution is -2.24. The van der Waals surface area contributed by atoms with Gasteiger partial charge in [0, 0.05) is 19.1 Å². The minimum Gasteiger partial charge on any atom is -0.381 e. The maximum atomic E-state index is 5.53. The first-order valence-corrected chi connectivity index (χ1v) is 6.34.